The molecule has 0 bridgehead atoms. The van der Waals surface area contributed by atoms with Gasteiger partial charge in [0.05, 0.1) is 5.69 Å². The molecule has 0 radical (unpaired) electrons. The van der Waals surface area contributed by atoms with E-state index in [9.17, 15) is 4.79 Å². The average Bonchev–Trinajstić information content (AvgIpc) is 3.24. The van der Waals surface area contributed by atoms with Gasteiger partial charge in [-0.25, -0.2) is 15.0 Å². The van der Waals surface area contributed by atoms with E-state index in [2.05, 4.69) is 20.2 Å². The molecule has 1 saturated heterocycles. The number of aryl methyl sites for hydroxylation is 1. The summed E-state index contributed by atoms with van der Waals surface area (Å²) in [6, 6.07) is 5.91. The van der Waals surface area contributed by atoms with Crippen molar-refractivity contribution >= 4 is 17.7 Å². The molecule has 4 rings (SSSR count). The summed E-state index contributed by atoms with van der Waals surface area (Å²) in [6.07, 6.45) is 10.2. The molecule has 2 fully saturated rings. The fourth-order valence-corrected chi connectivity index (χ4v) is 4.17. The first-order chi connectivity index (χ1) is 13.2. The number of hydrogen-bond acceptors (Lipinski definition) is 5. The largest absolute Gasteiger partial charge is 0.342 e. The van der Waals surface area contributed by atoms with Crippen LogP contribution in [0.25, 0.3) is 0 Å². The molecule has 3 heterocycles. The van der Waals surface area contributed by atoms with Crippen molar-refractivity contribution in [2.45, 2.75) is 51.4 Å². The average molecular weight is 365 g/mol. The molecular weight excluding hydrogens is 338 g/mol. The first kappa shape index (κ1) is 17.9. The Morgan fingerprint density at radius 2 is 1.96 bits per heavy atom. The van der Waals surface area contributed by atoms with Crippen molar-refractivity contribution < 1.29 is 4.79 Å². The molecule has 0 unspecified atom stereocenters. The highest BCUT2D eigenvalue weighted by molar-refractivity contribution is 5.79. The number of rotatable bonds is 4. The molecule has 0 aromatic carbocycles. The lowest BCUT2D eigenvalue weighted by molar-refractivity contribution is -0.136. The van der Waals surface area contributed by atoms with E-state index >= 15 is 0 Å². The van der Waals surface area contributed by atoms with Crippen LogP contribution in [0.2, 0.25) is 0 Å². The van der Waals surface area contributed by atoms with Gasteiger partial charge in [-0.05, 0) is 50.3 Å². The Hall–Kier alpha value is -2.50. The van der Waals surface area contributed by atoms with Gasteiger partial charge in [0.15, 0.2) is 0 Å². The summed E-state index contributed by atoms with van der Waals surface area (Å²) in [5.74, 6) is 2.17. The molecule has 1 N–H and O–H groups in total. The maximum atomic E-state index is 12.8. The molecule has 1 saturated carbocycles. The van der Waals surface area contributed by atoms with E-state index in [1.807, 2.05) is 31.3 Å². The summed E-state index contributed by atoms with van der Waals surface area (Å²) in [6.45, 7) is 3.67. The Labute approximate surface area is 160 Å². The van der Waals surface area contributed by atoms with E-state index in [0.717, 1.165) is 55.8 Å². The molecule has 142 valence electrons. The first-order valence-electron chi connectivity index (χ1n) is 10.0. The smallest absolute Gasteiger partial charge is 0.228 e. The van der Waals surface area contributed by atoms with Gasteiger partial charge in [-0.2, -0.15) is 0 Å². The Bertz CT molecular complexity index is 785. The van der Waals surface area contributed by atoms with Crippen LogP contribution in [0.4, 0.5) is 11.8 Å². The summed E-state index contributed by atoms with van der Waals surface area (Å²) in [5.41, 5.74) is 2.12. The molecule has 1 atom stereocenters. The number of pyridine rings is 1. The van der Waals surface area contributed by atoms with Crippen molar-refractivity contribution in [2.24, 2.45) is 5.92 Å². The van der Waals surface area contributed by atoms with Gasteiger partial charge in [-0.3, -0.25) is 4.79 Å². The molecule has 6 heteroatoms. The molecule has 1 amide bonds. The molecule has 6 nitrogen and oxygen atoms in total. The number of nitrogens with zero attached hydrogens (tertiary/aromatic N) is 4. The van der Waals surface area contributed by atoms with Crippen LogP contribution >= 0.6 is 0 Å². The Morgan fingerprint density at radius 3 is 2.74 bits per heavy atom. The number of amides is 1. The van der Waals surface area contributed by atoms with Crippen LogP contribution in [0.5, 0.6) is 0 Å². The van der Waals surface area contributed by atoms with Gasteiger partial charge in [-0.15, -0.1) is 0 Å². The molecule has 2 aromatic rings. The van der Waals surface area contributed by atoms with Crippen molar-refractivity contribution in [3.05, 3.63) is 41.9 Å². The van der Waals surface area contributed by atoms with E-state index in [0.29, 0.717) is 11.9 Å². The first-order valence-corrected chi connectivity index (χ1v) is 10.0. The molecule has 0 spiro atoms. The number of piperidine rings is 1. The normalized spacial score (nSPS) is 20.6. The number of likely N-dealkylation sites (tertiary alicyclic amines) is 1. The van der Waals surface area contributed by atoms with Gasteiger partial charge in [0.25, 0.3) is 0 Å². The summed E-state index contributed by atoms with van der Waals surface area (Å²) in [4.78, 5) is 28.2. The SMILES string of the molecule is Cc1ccc(Nc2nccc([C@@H]3CCCN(C(=O)C4CCCC4)C3)n2)nc1. The van der Waals surface area contributed by atoms with Crippen LogP contribution in [0.3, 0.4) is 0 Å². The molecule has 2 aliphatic rings. The minimum atomic E-state index is 0.249. The second-order valence-electron chi connectivity index (χ2n) is 7.76. The zero-order chi connectivity index (χ0) is 18.6. The van der Waals surface area contributed by atoms with E-state index < -0.39 is 0 Å². The number of anilines is 2. The van der Waals surface area contributed by atoms with Crippen LogP contribution in [0, 0.1) is 12.8 Å². The number of carbonyl (C=O) groups is 1. The topological polar surface area (TPSA) is 71.0 Å². The Morgan fingerprint density at radius 1 is 1.11 bits per heavy atom. The zero-order valence-corrected chi connectivity index (χ0v) is 15.9. The molecule has 1 aliphatic heterocycles. The van der Waals surface area contributed by atoms with E-state index in [4.69, 9.17) is 4.98 Å². The molecule has 1 aliphatic carbocycles. The maximum Gasteiger partial charge on any atom is 0.228 e. The highest BCUT2D eigenvalue weighted by Gasteiger charge is 2.31. The van der Waals surface area contributed by atoms with Gasteiger partial charge in [0.2, 0.25) is 11.9 Å². The fourth-order valence-electron chi connectivity index (χ4n) is 4.17. The van der Waals surface area contributed by atoms with Gasteiger partial charge in [-0.1, -0.05) is 18.9 Å². The van der Waals surface area contributed by atoms with Crippen LogP contribution in [0.1, 0.15) is 55.7 Å². The Balaban J connectivity index is 1.44. The van der Waals surface area contributed by atoms with Crippen LogP contribution in [0.15, 0.2) is 30.6 Å². The third-order valence-electron chi connectivity index (χ3n) is 5.68. The Kier molecular flexibility index (Phi) is 5.32. The van der Waals surface area contributed by atoms with Gasteiger partial charge < -0.3 is 10.2 Å². The molecule has 2 aromatic heterocycles. The fraction of sp³-hybridized carbons (Fsp3) is 0.524. The summed E-state index contributed by atoms with van der Waals surface area (Å²) in [5, 5.41) is 3.18. The number of carbonyl (C=O) groups excluding carboxylic acids is 1. The lowest BCUT2D eigenvalue weighted by atomic mass is 9.93. The van der Waals surface area contributed by atoms with E-state index in [1.165, 1.54) is 12.8 Å². The number of nitrogens with one attached hydrogen (secondary N) is 1. The van der Waals surface area contributed by atoms with Crippen molar-refractivity contribution in [3.63, 3.8) is 0 Å². The van der Waals surface area contributed by atoms with Crippen molar-refractivity contribution in [1.82, 2.24) is 19.9 Å². The van der Waals surface area contributed by atoms with E-state index in [-0.39, 0.29) is 11.8 Å². The van der Waals surface area contributed by atoms with Gasteiger partial charge >= 0.3 is 0 Å². The second-order valence-corrected chi connectivity index (χ2v) is 7.76. The third-order valence-corrected chi connectivity index (χ3v) is 5.68. The third kappa shape index (κ3) is 4.26. The highest BCUT2D eigenvalue weighted by atomic mass is 16.2. The van der Waals surface area contributed by atoms with Gasteiger partial charge in [0, 0.05) is 37.3 Å². The second kappa shape index (κ2) is 8.03. The van der Waals surface area contributed by atoms with Crippen molar-refractivity contribution in [1.29, 1.82) is 0 Å². The summed E-state index contributed by atoms with van der Waals surface area (Å²) < 4.78 is 0. The van der Waals surface area contributed by atoms with Crippen LogP contribution < -0.4 is 5.32 Å². The monoisotopic (exact) mass is 365 g/mol. The van der Waals surface area contributed by atoms with Crippen molar-refractivity contribution in [3.8, 4) is 0 Å². The van der Waals surface area contributed by atoms with Gasteiger partial charge in [0.1, 0.15) is 5.82 Å². The molecule has 27 heavy (non-hydrogen) atoms. The van der Waals surface area contributed by atoms with Crippen molar-refractivity contribution in [2.75, 3.05) is 18.4 Å². The summed E-state index contributed by atoms with van der Waals surface area (Å²) >= 11 is 0. The zero-order valence-electron chi connectivity index (χ0n) is 15.9. The number of hydrogen-bond donors (Lipinski definition) is 1. The standard InChI is InChI=1S/C21H27N5O/c1-15-8-9-19(23-13-15)25-21-22-11-10-18(24-21)17-7-4-12-26(14-17)20(27)16-5-2-3-6-16/h8-11,13,16-17H,2-7,12,14H2,1H3,(H,22,23,24,25)/t17-/m1/s1. The predicted octanol–water partition coefficient (Wildman–Crippen LogP) is 3.82. The minimum absolute atomic E-state index is 0.249. The van der Waals surface area contributed by atoms with Crippen LogP contribution in [-0.4, -0.2) is 38.8 Å². The maximum absolute atomic E-state index is 12.8. The quantitative estimate of drug-likeness (QED) is 0.892. The van der Waals surface area contributed by atoms with E-state index in [1.54, 1.807) is 6.20 Å². The predicted molar refractivity (Wildman–Crippen MR) is 105 cm³/mol. The lowest BCUT2D eigenvalue weighted by Gasteiger charge is -2.34. The van der Waals surface area contributed by atoms with Crippen LogP contribution in [-0.2, 0) is 4.79 Å². The summed E-state index contributed by atoms with van der Waals surface area (Å²) in [7, 11) is 0. The number of aromatic nitrogens is 3. The minimum Gasteiger partial charge on any atom is -0.342 e. The lowest BCUT2D eigenvalue weighted by Crippen LogP contribution is -2.42. The highest BCUT2D eigenvalue weighted by Crippen LogP contribution is 2.31. The molecular formula is C21H27N5O.